The molecule has 0 aliphatic rings. The zero-order chi connectivity index (χ0) is 17.7. The molecule has 0 saturated heterocycles. The Bertz CT molecular complexity index is 907. The van der Waals surface area contributed by atoms with Gasteiger partial charge in [0.15, 0.2) is 9.09 Å². The van der Waals surface area contributed by atoms with Crippen molar-refractivity contribution < 1.29 is 9.53 Å². The molecule has 1 heterocycles. The third-order valence-corrected chi connectivity index (χ3v) is 5.72. The number of para-hydroxylation sites is 1. The summed E-state index contributed by atoms with van der Waals surface area (Å²) in [6.07, 6.45) is 0. The Morgan fingerprint density at radius 3 is 2.64 bits per heavy atom. The first-order valence-corrected chi connectivity index (χ1v) is 9.54. The van der Waals surface area contributed by atoms with E-state index in [0.717, 1.165) is 20.1 Å². The van der Waals surface area contributed by atoms with Gasteiger partial charge in [0.05, 0.1) is 16.8 Å². The molecule has 1 aromatic heterocycles. The summed E-state index contributed by atoms with van der Waals surface area (Å²) in [6.45, 7) is 3.91. The molecule has 3 rings (SSSR count). The van der Waals surface area contributed by atoms with Crippen LogP contribution in [0.15, 0.2) is 58.9 Å². The van der Waals surface area contributed by atoms with E-state index in [4.69, 9.17) is 4.74 Å². The molecule has 2 aromatic carbocycles. The van der Waals surface area contributed by atoms with Crippen LogP contribution in [-0.4, -0.2) is 22.3 Å². The number of hydrogen-bond donors (Lipinski definition) is 0. The van der Waals surface area contributed by atoms with Crippen molar-refractivity contribution in [3.05, 3.63) is 60.2 Å². The van der Waals surface area contributed by atoms with Gasteiger partial charge < -0.3 is 4.74 Å². The number of ether oxygens (including phenoxy) is 1. The van der Waals surface area contributed by atoms with Crippen molar-refractivity contribution in [2.75, 3.05) is 6.61 Å². The summed E-state index contributed by atoms with van der Waals surface area (Å²) in [4.78, 5) is 17.1. The number of esters is 1. The fraction of sp³-hybridized carbons (Fsp3) is 0.200. The summed E-state index contributed by atoms with van der Waals surface area (Å²) in [6, 6.07) is 17.5. The van der Waals surface area contributed by atoms with E-state index in [0.29, 0.717) is 6.61 Å². The number of nitrogens with zero attached hydrogens (tertiary/aromatic N) is 1. The lowest BCUT2D eigenvalue weighted by molar-refractivity contribution is -0.143. The Labute approximate surface area is 155 Å². The summed E-state index contributed by atoms with van der Waals surface area (Å²) in [7, 11) is 0. The van der Waals surface area contributed by atoms with Crippen LogP contribution in [0.3, 0.4) is 0 Å². The van der Waals surface area contributed by atoms with Crippen LogP contribution in [0.5, 0.6) is 0 Å². The third kappa shape index (κ3) is 4.22. The summed E-state index contributed by atoms with van der Waals surface area (Å²) in [5.41, 5.74) is 1.79. The molecule has 0 saturated carbocycles. The first-order chi connectivity index (χ1) is 12.1. The van der Waals surface area contributed by atoms with Gasteiger partial charge in [0.25, 0.3) is 0 Å². The number of hydrogen-bond acceptors (Lipinski definition) is 5. The number of carbonyl (C=O) groups excluding carboxylic acids is 1. The minimum atomic E-state index is -1.01. The van der Waals surface area contributed by atoms with Gasteiger partial charge in [-0.15, -0.1) is 11.3 Å². The Morgan fingerprint density at radius 1 is 1.20 bits per heavy atom. The predicted molar refractivity (Wildman–Crippen MR) is 104 cm³/mol. The van der Waals surface area contributed by atoms with Crippen molar-refractivity contribution in [3.63, 3.8) is 0 Å². The average molecular weight is 367 g/mol. The summed E-state index contributed by atoms with van der Waals surface area (Å²) in [5.74, 6) is 5.83. The van der Waals surface area contributed by atoms with E-state index in [1.54, 1.807) is 25.2 Å². The van der Waals surface area contributed by atoms with Crippen LogP contribution in [0.4, 0.5) is 0 Å². The Kier molecular flexibility index (Phi) is 5.42. The minimum absolute atomic E-state index is 0.321. The maximum atomic E-state index is 12.5. The lowest BCUT2D eigenvalue weighted by atomic mass is 10.1. The molecule has 0 N–H and O–H groups in total. The molecule has 0 radical (unpaired) electrons. The first kappa shape index (κ1) is 17.5. The van der Waals surface area contributed by atoms with E-state index in [1.165, 1.54) is 11.8 Å². The second kappa shape index (κ2) is 7.73. The normalized spacial score (nSPS) is 12.9. The number of thiazole rings is 1. The molecule has 0 aliphatic carbocycles. The van der Waals surface area contributed by atoms with Gasteiger partial charge in [0.1, 0.15) is 0 Å². The molecule has 25 heavy (non-hydrogen) atoms. The largest absolute Gasteiger partial charge is 0.464 e. The zero-order valence-electron chi connectivity index (χ0n) is 14.0. The molecule has 3 nitrogen and oxygen atoms in total. The van der Waals surface area contributed by atoms with Crippen LogP contribution in [-0.2, 0) is 9.53 Å². The van der Waals surface area contributed by atoms with Crippen molar-refractivity contribution >= 4 is 39.3 Å². The van der Waals surface area contributed by atoms with Crippen LogP contribution < -0.4 is 0 Å². The SMILES string of the molecule is CCOC(=O)[C@@](C)(C#Cc1ccccc1)Sc1nc2ccccc2s1. The maximum absolute atomic E-state index is 12.5. The third-order valence-electron chi connectivity index (χ3n) is 3.45. The van der Waals surface area contributed by atoms with Crippen molar-refractivity contribution in [3.8, 4) is 11.8 Å². The second-order valence-electron chi connectivity index (χ2n) is 5.42. The van der Waals surface area contributed by atoms with E-state index in [1.807, 2.05) is 54.6 Å². The predicted octanol–water partition coefficient (Wildman–Crippen LogP) is 4.76. The Morgan fingerprint density at radius 2 is 1.92 bits per heavy atom. The summed E-state index contributed by atoms with van der Waals surface area (Å²) < 4.78 is 6.14. The molecular weight excluding hydrogens is 350 g/mol. The van der Waals surface area contributed by atoms with Crippen molar-refractivity contribution in [1.82, 2.24) is 4.98 Å². The maximum Gasteiger partial charge on any atom is 0.334 e. The highest BCUT2D eigenvalue weighted by Gasteiger charge is 2.35. The number of rotatable bonds is 4. The molecule has 0 bridgehead atoms. The number of carbonyl (C=O) groups is 1. The average Bonchev–Trinajstić information content (AvgIpc) is 3.03. The van der Waals surface area contributed by atoms with E-state index >= 15 is 0 Å². The quantitative estimate of drug-likeness (QED) is 0.379. The van der Waals surface area contributed by atoms with Crippen LogP contribution in [0.25, 0.3) is 10.2 Å². The highest BCUT2D eigenvalue weighted by molar-refractivity contribution is 8.03. The summed E-state index contributed by atoms with van der Waals surface area (Å²) >= 11 is 2.90. The van der Waals surface area contributed by atoms with Gasteiger partial charge in [-0.25, -0.2) is 9.78 Å². The van der Waals surface area contributed by atoms with Crippen molar-refractivity contribution in [2.45, 2.75) is 22.9 Å². The molecule has 126 valence electrons. The Balaban J connectivity index is 1.93. The fourth-order valence-corrected chi connectivity index (χ4v) is 4.54. The van der Waals surface area contributed by atoms with Crippen LogP contribution in [0, 0.1) is 11.8 Å². The molecule has 0 unspecified atom stereocenters. The number of fused-ring (bicyclic) bond motifs is 1. The monoisotopic (exact) mass is 367 g/mol. The molecule has 5 heteroatoms. The molecule has 1 atom stereocenters. The van der Waals surface area contributed by atoms with Crippen LogP contribution >= 0.6 is 23.1 Å². The molecular formula is C20H17NO2S2. The Hall–Kier alpha value is -2.29. The van der Waals surface area contributed by atoms with Gasteiger partial charge >= 0.3 is 5.97 Å². The smallest absolute Gasteiger partial charge is 0.334 e. The van der Waals surface area contributed by atoms with Gasteiger partial charge in [0.2, 0.25) is 0 Å². The molecule has 3 aromatic rings. The lowest BCUT2D eigenvalue weighted by Crippen LogP contribution is -2.32. The number of thioether (sulfide) groups is 1. The van der Waals surface area contributed by atoms with Gasteiger partial charge in [0, 0.05) is 5.56 Å². The van der Waals surface area contributed by atoms with Gasteiger partial charge in [-0.1, -0.05) is 53.9 Å². The highest BCUT2D eigenvalue weighted by atomic mass is 32.2. The van der Waals surface area contributed by atoms with Crippen molar-refractivity contribution in [2.24, 2.45) is 0 Å². The molecule has 0 aliphatic heterocycles. The van der Waals surface area contributed by atoms with E-state index in [9.17, 15) is 4.79 Å². The topological polar surface area (TPSA) is 39.2 Å². The van der Waals surface area contributed by atoms with Gasteiger partial charge in [-0.2, -0.15) is 0 Å². The molecule has 0 amide bonds. The van der Waals surface area contributed by atoms with Gasteiger partial charge in [-0.05, 0) is 38.1 Å². The number of benzene rings is 2. The van der Waals surface area contributed by atoms with Crippen LogP contribution in [0.2, 0.25) is 0 Å². The molecule has 0 spiro atoms. The van der Waals surface area contributed by atoms with Crippen LogP contribution in [0.1, 0.15) is 19.4 Å². The minimum Gasteiger partial charge on any atom is -0.464 e. The van der Waals surface area contributed by atoms with Gasteiger partial charge in [-0.3, -0.25) is 0 Å². The van der Waals surface area contributed by atoms with E-state index < -0.39 is 4.75 Å². The van der Waals surface area contributed by atoms with Crippen molar-refractivity contribution in [1.29, 1.82) is 0 Å². The number of aromatic nitrogens is 1. The fourth-order valence-electron chi connectivity index (χ4n) is 2.17. The first-order valence-electron chi connectivity index (χ1n) is 7.91. The highest BCUT2D eigenvalue weighted by Crippen LogP contribution is 2.38. The molecule has 0 fully saturated rings. The lowest BCUT2D eigenvalue weighted by Gasteiger charge is -2.19. The second-order valence-corrected chi connectivity index (χ2v) is 8.12. The van der Waals surface area contributed by atoms with E-state index in [-0.39, 0.29) is 5.97 Å². The van der Waals surface area contributed by atoms with E-state index in [2.05, 4.69) is 16.8 Å². The summed E-state index contributed by atoms with van der Waals surface area (Å²) in [5, 5.41) is 0. The zero-order valence-corrected chi connectivity index (χ0v) is 15.6. The standard InChI is InChI=1S/C20H17NO2S2/c1-3-23-18(22)20(2,14-13-15-9-5-4-6-10-15)25-19-21-16-11-7-8-12-17(16)24-19/h4-12H,3H2,1-2H3/t20-/m1/s1.